The minimum Gasteiger partial charge on any atom is -0.396 e. The van der Waals surface area contributed by atoms with Crippen LogP contribution in [0.4, 0.5) is 0 Å². The van der Waals surface area contributed by atoms with Crippen LogP contribution in [0, 0.1) is 0 Å². The Morgan fingerprint density at radius 2 is 2.42 bits per heavy atom. The third-order valence-corrected chi connectivity index (χ3v) is 3.62. The van der Waals surface area contributed by atoms with Crippen molar-refractivity contribution < 1.29 is 9.90 Å². The second kappa shape index (κ2) is 6.63. The molecular formula is C14H21N3O2. The summed E-state index contributed by atoms with van der Waals surface area (Å²) in [4.78, 5) is 18.3. The summed E-state index contributed by atoms with van der Waals surface area (Å²) in [6.07, 6.45) is 4.96. The first-order chi connectivity index (χ1) is 9.22. The molecule has 2 N–H and O–H groups in total. The zero-order chi connectivity index (χ0) is 13.7. The van der Waals surface area contributed by atoms with Crippen LogP contribution in [0.25, 0.3) is 0 Å². The van der Waals surface area contributed by atoms with Gasteiger partial charge in [-0.2, -0.15) is 0 Å². The van der Waals surface area contributed by atoms with Gasteiger partial charge < -0.3 is 10.4 Å². The molecule has 1 aliphatic heterocycles. The van der Waals surface area contributed by atoms with E-state index < -0.39 is 0 Å². The first kappa shape index (κ1) is 14.0. The van der Waals surface area contributed by atoms with Crippen LogP contribution in [0.2, 0.25) is 0 Å². The average molecular weight is 263 g/mol. The summed E-state index contributed by atoms with van der Waals surface area (Å²) in [6.45, 7) is 3.54. The van der Waals surface area contributed by atoms with Gasteiger partial charge in [0, 0.05) is 38.1 Å². The highest BCUT2D eigenvalue weighted by Gasteiger charge is 2.31. The highest BCUT2D eigenvalue weighted by Crippen LogP contribution is 2.18. The van der Waals surface area contributed by atoms with E-state index in [1.54, 1.807) is 6.20 Å². The number of aromatic nitrogens is 1. The first-order valence-electron chi connectivity index (χ1n) is 6.75. The Morgan fingerprint density at radius 1 is 1.58 bits per heavy atom. The molecular weight excluding hydrogens is 242 g/mol. The number of nitrogens with one attached hydrogen (secondary N) is 1. The molecule has 1 fully saturated rings. The summed E-state index contributed by atoms with van der Waals surface area (Å²) < 4.78 is 0. The number of pyridine rings is 1. The van der Waals surface area contributed by atoms with Gasteiger partial charge in [-0.15, -0.1) is 0 Å². The van der Waals surface area contributed by atoms with Crippen LogP contribution in [0.5, 0.6) is 0 Å². The quantitative estimate of drug-likeness (QED) is 0.832. The van der Waals surface area contributed by atoms with Crippen LogP contribution in [0.15, 0.2) is 24.5 Å². The third-order valence-electron chi connectivity index (χ3n) is 3.62. The Bertz CT molecular complexity index is 410. The van der Waals surface area contributed by atoms with Crippen molar-refractivity contribution in [3.63, 3.8) is 0 Å². The molecule has 0 radical (unpaired) electrons. The molecule has 2 unspecified atom stereocenters. The zero-order valence-electron chi connectivity index (χ0n) is 11.2. The summed E-state index contributed by atoms with van der Waals surface area (Å²) in [7, 11) is 0. The maximum Gasteiger partial charge on any atom is 0.237 e. The largest absolute Gasteiger partial charge is 0.396 e. The lowest BCUT2D eigenvalue weighted by Crippen LogP contribution is -2.47. The van der Waals surface area contributed by atoms with Crippen LogP contribution < -0.4 is 5.32 Å². The molecule has 2 rings (SSSR count). The highest BCUT2D eigenvalue weighted by molar-refractivity contribution is 5.82. The molecule has 1 aromatic heterocycles. The van der Waals surface area contributed by atoms with Crippen LogP contribution >= 0.6 is 0 Å². The SMILES string of the molecule is CC1CCNC(=O)C(CCO)N1Cc1cccnc1. The molecule has 1 saturated heterocycles. The summed E-state index contributed by atoms with van der Waals surface area (Å²) >= 11 is 0. The van der Waals surface area contributed by atoms with Crippen molar-refractivity contribution in [1.82, 2.24) is 15.2 Å². The van der Waals surface area contributed by atoms with E-state index in [0.717, 1.165) is 12.0 Å². The number of hydrogen-bond donors (Lipinski definition) is 2. The van der Waals surface area contributed by atoms with E-state index in [1.807, 2.05) is 18.3 Å². The maximum absolute atomic E-state index is 12.1. The normalized spacial score (nSPS) is 24.8. The van der Waals surface area contributed by atoms with Gasteiger partial charge in [-0.3, -0.25) is 14.7 Å². The molecule has 1 amide bonds. The Balaban J connectivity index is 2.17. The van der Waals surface area contributed by atoms with E-state index >= 15 is 0 Å². The average Bonchev–Trinajstić information content (AvgIpc) is 2.54. The van der Waals surface area contributed by atoms with Crippen molar-refractivity contribution in [2.45, 2.75) is 38.4 Å². The number of aliphatic hydroxyl groups is 1. The van der Waals surface area contributed by atoms with Gasteiger partial charge in [0.05, 0.1) is 6.04 Å². The smallest absolute Gasteiger partial charge is 0.237 e. The molecule has 2 heterocycles. The lowest BCUT2D eigenvalue weighted by atomic mass is 10.1. The molecule has 0 spiro atoms. The molecule has 2 atom stereocenters. The highest BCUT2D eigenvalue weighted by atomic mass is 16.3. The van der Waals surface area contributed by atoms with E-state index in [2.05, 4.69) is 22.1 Å². The number of aliphatic hydroxyl groups excluding tert-OH is 1. The van der Waals surface area contributed by atoms with Crippen molar-refractivity contribution in [2.75, 3.05) is 13.2 Å². The monoisotopic (exact) mass is 263 g/mol. The minimum absolute atomic E-state index is 0.0160. The summed E-state index contributed by atoms with van der Waals surface area (Å²) in [5.74, 6) is 0.0160. The fraction of sp³-hybridized carbons (Fsp3) is 0.571. The van der Waals surface area contributed by atoms with Gasteiger partial charge in [-0.05, 0) is 31.4 Å². The number of carbonyl (C=O) groups excluding carboxylic acids is 1. The Hall–Kier alpha value is -1.46. The predicted octanol–water partition coefficient (Wildman–Crippen LogP) is 0.543. The van der Waals surface area contributed by atoms with Crippen molar-refractivity contribution >= 4 is 5.91 Å². The summed E-state index contributed by atoms with van der Waals surface area (Å²) in [5.41, 5.74) is 1.09. The van der Waals surface area contributed by atoms with Crippen molar-refractivity contribution in [1.29, 1.82) is 0 Å². The van der Waals surface area contributed by atoms with Gasteiger partial charge in [0.2, 0.25) is 5.91 Å². The van der Waals surface area contributed by atoms with E-state index in [-0.39, 0.29) is 18.6 Å². The molecule has 0 saturated carbocycles. The molecule has 0 aliphatic carbocycles. The maximum atomic E-state index is 12.1. The van der Waals surface area contributed by atoms with Crippen molar-refractivity contribution in [3.8, 4) is 0 Å². The molecule has 0 aromatic carbocycles. The molecule has 0 bridgehead atoms. The van der Waals surface area contributed by atoms with Gasteiger partial charge in [0.1, 0.15) is 0 Å². The summed E-state index contributed by atoms with van der Waals surface area (Å²) in [6, 6.07) is 3.95. The fourth-order valence-electron chi connectivity index (χ4n) is 2.53. The number of carbonyl (C=O) groups is 1. The second-order valence-corrected chi connectivity index (χ2v) is 4.99. The van der Waals surface area contributed by atoms with Crippen molar-refractivity contribution in [2.24, 2.45) is 0 Å². The molecule has 1 aromatic rings. The molecule has 19 heavy (non-hydrogen) atoms. The molecule has 104 valence electrons. The van der Waals surface area contributed by atoms with Gasteiger partial charge in [-0.1, -0.05) is 6.07 Å². The van der Waals surface area contributed by atoms with E-state index in [0.29, 0.717) is 25.6 Å². The van der Waals surface area contributed by atoms with Gasteiger partial charge in [-0.25, -0.2) is 0 Å². The van der Waals surface area contributed by atoms with E-state index in [9.17, 15) is 9.90 Å². The molecule has 5 nitrogen and oxygen atoms in total. The minimum atomic E-state index is -0.261. The second-order valence-electron chi connectivity index (χ2n) is 4.99. The van der Waals surface area contributed by atoms with Gasteiger partial charge >= 0.3 is 0 Å². The Labute approximate surface area is 113 Å². The molecule has 5 heteroatoms. The lowest BCUT2D eigenvalue weighted by molar-refractivity contribution is -0.126. The topological polar surface area (TPSA) is 65.5 Å². The summed E-state index contributed by atoms with van der Waals surface area (Å²) in [5, 5.41) is 12.1. The van der Waals surface area contributed by atoms with E-state index in [4.69, 9.17) is 0 Å². The number of nitrogens with zero attached hydrogens (tertiary/aromatic N) is 2. The zero-order valence-corrected chi connectivity index (χ0v) is 11.2. The fourth-order valence-corrected chi connectivity index (χ4v) is 2.53. The third kappa shape index (κ3) is 3.52. The standard InChI is InChI=1S/C14H21N3O2/c1-11-4-7-16-14(19)13(5-8-18)17(11)10-12-3-2-6-15-9-12/h2-3,6,9,11,13,18H,4-5,7-8,10H2,1H3,(H,16,19). The van der Waals surface area contributed by atoms with E-state index in [1.165, 1.54) is 0 Å². The lowest BCUT2D eigenvalue weighted by Gasteiger charge is -2.32. The predicted molar refractivity (Wildman–Crippen MR) is 72.4 cm³/mol. The van der Waals surface area contributed by atoms with Crippen LogP contribution in [0.3, 0.4) is 0 Å². The Kier molecular flexibility index (Phi) is 4.87. The Morgan fingerprint density at radius 3 is 3.11 bits per heavy atom. The van der Waals surface area contributed by atoms with Crippen LogP contribution in [-0.4, -0.2) is 46.1 Å². The number of amides is 1. The molecule has 1 aliphatic rings. The number of rotatable bonds is 4. The number of hydrogen-bond acceptors (Lipinski definition) is 4. The van der Waals surface area contributed by atoms with Crippen molar-refractivity contribution in [3.05, 3.63) is 30.1 Å². The van der Waals surface area contributed by atoms with Crippen LogP contribution in [0.1, 0.15) is 25.3 Å². The van der Waals surface area contributed by atoms with Gasteiger partial charge in [0.25, 0.3) is 0 Å². The van der Waals surface area contributed by atoms with Crippen LogP contribution in [-0.2, 0) is 11.3 Å². The van der Waals surface area contributed by atoms with Gasteiger partial charge in [0.15, 0.2) is 0 Å². The first-order valence-corrected chi connectivity index (χ1v) is 6.75.